The number of nitrogens with one attached hydrogen (secondary N) is 2. The number of benzene rings is 1. The van der Waals surface area contributed by atoms with Crippen LogP contribution in [0.5, 0.6) is 5.75 Å². The summed E-state index contributed by atoms with van der Waals surface area (Å²) < 4.78 is 16.9. The van der Waals surface area contributed by atoms with Crippen LogP contribution in [-0.2, 0) is 16.0 Å². The van der Waals surface area contributed by atoms with Crippen LogP contribution in [0.2, 0.25) is 0 Å². The molecule has 1 aliphatic heterocycles. The van der Waals surface area contributed by atoms with Gasteiger partial charge in [-0.1, -0.05) is 18.2 Å². The molecule has 1 aliphatic rings. The van der Waals surface area contributed by atoms with Gasteiger partial charge in [-0.2, -0.15) is 0 Å². The van der Waals surface area contributed by atoms with Gasteiger partial charge in [0.15, 0.2) is 5.96 Å². The molecular weight excluding hydrogens is 330 g/mol. The Morgan fingerprint density at radius 1 is 1.19 bits per heavy atom. The highest BCUT2D eigenvalue weighted by molar-refractivity contribution is 5.79. The minimum atomic E-state index is 0.362. The second-order valence-corrected chi connectivity index (χ2v) is 6.20. The van der Waals surface area contributed by atoms with Gasteiger partial charge in [0, 0.05) is 38.5 Å². The quantitative estimate of drug-likeness (QED) is 0.380. The van der Waals surface area contributed by atoms with Gasteiger partial charge < -0.3 is 24.8 Å². The molecule has 2 N–H and O–H groups in total. The molecule has 2 rings (SSSR count). The van der Waals surface area contributed by atoms with E-state index in [1.54, 1.807) is 0 Å². The Kier molecular flexibility index (Phi) is 9.90. The van der Waals surface area contributed by atoms with Crippen LogP contribution in [0.25, 0.3) is 0 Å². The molecule has 0 spiro atoms. The Hall–Kier alpha value is -1.79. The molecule has 6 heteroatoms. The number of nitrogens with zero attached hydrogens (tertiary/aromatic N) is 1. The molecular formula is C20H33N3O3. The number of hydrogen-bond donors (Lipinski definition) is 2. The summed E-state index contributed by atoms with van der Waals surface area (Å²) in [5.41, 5.74) is 1.09. The molecule has 0 atom stereocenters. The lowest BCUT2D eigenvalue weighted by Gasteiger charge is -2.22. The average Bonchev–Trinajstić information content (AvgIpc) is 2.68. The third-order valence-corrected chi connectivity index (χ3v) is 4.16. The normalized spacial score (nSPS) is 15.7. The van der Waals surface area contributed by atoms with E-state index in [-0.39, 0.29) is 0 Å². The fourth-order valence-corrected chi connectivity index (χ4v) is 2.81. The first-order chi connectivity index (χ1) is 12.8. The minimum absolute atomic E-state index is 0.362. The largest absolute Gasteiger partial charge is 0.494 e. The van der Waals surface area contributed by atoms with Crippen LogP contribution >= 0.6 is 0 Å². The van der Waals surface area contributed by atoms with Crippen LogP contribution in [0.1, 0.15) is 38.7 Å². The second kappa shape index (κ2) is 12.5. The summed E-state index contributed by atoms with van der Waals surface area (Å²) in [7, 11) is 0. The summed E-state index contributed by atoms with van der Waals surface area (Å²) >= 11 is 0. The molecule has 1 saturated heterocycles. The average molecular weight is 364 g/mol. The van der Waals surface area contributed by atoms with E-state index in [0.29, 0.717) is 19.3 Å². The molecule has 146 valence electrons. The van der Waals surface area contributed by atoms with Gasteiger partial charge in [0.1, 0.15) is 5.75 Å². The van der Waals surface area contributed by atoms with E-state index in [1.165, 1.54) is 0 Å². The molecule has 0 aliphatic carbocycles. The van der Waals surface area contributed by atoms with Crippen LogP contribution in [0, 0.1) is 0 Å². The maximum atomic E-state index is 5.90. The van der Waals surface area contributed by atoms with Crippen molar-refractivity contribution < 1.29 is 14.2 Å². The van der Waals surface area contributed by atoms with Crippen LogP contribution in [0.3, 0.4) is 0 Å². The Morgan fingerprint density at radius 2 is 2.00 bits per heavy atom. The second-order valence-electron chi connectivity index (χ2n) is 6.20. The summed E-state index contributed by atoms with van der Waals surface area (Å²) in [6.07, 6.45) is 3.34. The molecule has 1 heterocycles. The zero-order chi connectivity index (χ0) is 18.5. The van der Waals surface area contributed by atoms with Crippen molar-refractivity contribution in [3.05, 3.63) is 29.8 Å². The van der Waals surface area contributed by atoms with E-state index in [9.17, 15) is 0 Å². The van der Waals surface area contributed by atoms with Crippen LogP contribution < -0.4 is 15.4 Å². The predicted molar refractivity (Wildman–Crippen MR) is 105 cm³/mol. The molecule has 0 radical (unpaired) electrons. The predicted octanol–water partition coefficient (Wildman–Crippen LogP) is 2.73. The summed E-state index contributed by atoms with van der Waals surface area (Å²) in [6.45, 7) is 9.39. The van der Waals surface area contributed by atoms with Crippen molar-refractivity contribution in [1.82, 2.24) is 10.6 Å². The minimum Gasteiger partial charge on any atom is -0.494 e. The standard InChI is InChI=1S/C20H33N3O3/c1-3-21-20(22-12-7-13-26-18-10-14-24-15-11-18)23-16-17-8-5-6-9-19(17)25-4-2/h5-6,8-9,18H,3-4,7,10-16H2,1-2H3,(H2,21,22,23). The topological polar surface area (TPSA) is 64.1 Å². The SMILES string of the molecule is CCNC(=NCc1ccccc1OCC)NCCCOC1CCOCC1. The number of rotatable bonds is 10. The van der Waals surface area contributed by atoms with Gasteiger partial charge in [-0.05, 0) is 39.2 Å². The lowest BCUT2D eigenvalue weighted by molar-refractivity contribution is -0.0320. The Balaban J connectivity index is 1.73. The molecule has 1 aromatic carbocycles. The van der Waals surface area contributed by atoms with Crippen molar-refractivity contribution in [2.75, 3.05) is 39.5 Å². The van der Waals surface area contributed by atoms with Crippen molar-refractivity contribution in [2.45, 2.75) is 45.8 Å². The highest BCUT2D eigenvalue weighted by atomic mass is 16.5. The maximum absolute atomic E-state index is 5.90. The highest BCUT2D eigenvalue weighted by Crippen LogP contribution is 2.18. The summed E-state index contributed by atoms with van der Waals surface area (Å²) in [4.78, 5) is 4.67. The van der Waals surface area contributed by atoms with E-state index in [2.05, 4.69) is 28.6 Å². The van der Waals surface area contributed by atoms with E-state index in [4.69, 9.17) is 14.2 Å². The van der Waals surface area contributed by atoms with Gasteiger partial charge in [-0.15, -0.1) is 0 Å². The molecule has 6 nitrogen and oxygen atoms in total. The molecule has 0 saturated carbocycles. The van der Waals surface area contributed by atoms with Crippen molar-refractivity contribution in [3.8, 4) is 5.75 Å². The summed E-state index contributed by atoms with van der Waals surface area (Å²) in [5, 5.41) is 6.66. The van der Waals surface area contributed by atoms with Crippen molar-refractivity contribution >= 4 is 5.96 Å². The van der Waals surface area contributed by atoms with Gasteiger partial charge in [-0.25, -0.2) is 4.99 Å². The van der Waals surface area contributed by atoms with E-state index in [1.807, 2.05) is 25.1 Å². The monoisotopic (exact) mass is 363 g/mol. The van der Waals surface area contributed by atoms with Gasteiger partial charge in [-0.3, -0.25) is 0 Å². The zero-order valence-electron chi connectivity index (χ0n) is 16.1. The molecule has 0 amide bonds. The number of para-hydroxylation sites is 1. The smallest absolute Gasteiger partial charge is 0.191 e. The first-order valence-corrected chi connectivity index (χ1v) is 9.75. The zero-order valence-corrected chi connectivity index (χ0v) is 16.1. The third kappa shape index (κ3) is 7.62. The highest BCUT2D eigenvalue weighted by Gasteiger charge is 2.13. The molecule has 26 heavy (non-hydrogen) atoms. The van der Waals surface area contributed by atoms with E-state index >= 15 is 0 Å². The number of ether oxygens (including phenoxy) is 3. The molecule has 1 aromatic rings. The molecule has 1 fully saturated rings. The number of aliphatic imine (C=N–C) groups is 1. The summed E-state index contributed by atoms with van der Waals surface area (Å²) in [5.74, 6) is 1.73. The molecule has 0 unspecified atom stereocenters. The number of hydrogen-bond acceptors (Lipinski definition) is 4. The fraction of sp³-hybridized carbons (Fsp3) is 0.650. The molecule has 0 bridgehead atoms. The van der Waals surface area contributed by atoms with Gasteiger partial charge in [0.25, 0.3) is 0 Å². The first kappa shape index (κ1) is 20.5. The van der Waals surface area contributed by atoms with Crippen molar-refractivity contribution in [3.63, 3.8) is 0 Å². The Labute approximate surface area is 157 Å². The van der Waals surface area contributed by atoms with E-state index in [0.717, 1.165) is 69.4 Å². The van der Waals surface area contributed by atoms with Gasteiger partial charge in [0.05, 0.1) is 19.3 Å². The Bertz CT molecular complexity index is 531. The maximum Gasteiger partial charge on any atom is 0.191 e. The van der Waals surface area contributed by atoms with Gasteiger partial charge >= 0.3 is 0 Å². The van der Waals surface area contributed by atoms with Crippen LogP contribution in [-0.4, -0.2) is 51.6 Å². The van der Waals surface area contributed by atoms with Gasteiger partial charge in [0.2, 0.25) is 0 Å². The van der Waals surface area contributed by atoms with Crippen LogP contribution in [0.4, 0.5) is 0 Å². The number of guanidine groups is 1. The molecule has 0 aromatic heterocycles. The summed E-state index contributed by atoms with van der Waals surface area (Å²) in [6, 6.07) is 8.05. The fourth-order valence-electron chi connectivity index (χ4n) is 2.81. The van der Waals surface area contributed by atoms with Crippen molar-refractivity contribution in [1.29, 1.82) is 0 Å². The van der Waals surface area contributed by atoms with E-state index < -0.39 is 0 Å². The lowest BCUT2D eigenvalue weighted by Crippen LogP contribution is -2.38. The third-order valence-electron chi connectivity index (χ3n) is 4.16. The Morgan fingerprint density at radius 3 is 2.77 bits per heavy atom. The van der Waals surface area contributed by atoms with Crippen LogP contribution in [0.15, 0.2) is 29.3 Å². The first-order valence-electron chi connectivity index (χ1n) is 9.75. The lowest BCUT2D eigenvalue weighted by atomic mass is 10.1. The van der Waals surface area contributed by atoms with Crippen molar-refractivity contribution in [2.24, 2.45) is 4.99 Å².